The maximum Gasteiger partial charge on any atom is 0.335 e. The number of hydrogen-bond donors (Lipinski definition) is 1. The van der Waals surface area contributed by atoms with E-state index in [4.69, 9.17) is 5.11 Å². The molecular formula is C16H23NO2. The van der Waals surface area contributed by atoms with Crippen LogP contribution in [0.25, 0.3) is 0 Å². The second-order valence-corrected chi connectivity index (χ2v) is 5.90. The third-order valence-corrected chi connectivity index (χ3v) is 4.24. The van der Waals surface area contributed by atoms with E-state index in [1.165, 1.54) is 18.4 Å². The van der Waals surface area contributed by atoms with E-state index < -0.39 is 5.97 Å². The molecule has 104 valence electrons. The Morgan fingerprint density at radius 3 is 2.74 bits per heavy atom. The molecule has 19 heavy (non-hydrogen) atoms. The van der Waals surface area contributed by atoms with Crippen molar-refractivity contribution < 1.29 is 9.90 Å². The number of rotatable bonds is 3. The molecule has 0 aromatic heterocycles. The minimum atomic E-state index is -0.852. The van der Waals surface area contributed by atoms with Crippen LogP contribution in [-0.2, 0) is 6.54 Å². The van der Waals surface area contributed by atoms with Gasteiger partial charge in [0.15, 0.2) is 0 Å². The molecule has 1 fully saturated rings. The number of carbonyl (C=O) groups is 1. The predicted octanol–water partition coefficient (Wildman–Crippen LogP) is 3.31. The van der Waals surface area contributed by atoms with E-state index in [-0.39, 0.29) is 0 Å². The van der Waals surface area contributed by atoms with Crippen molar-refractivity contribution in [3.63, 3.8) is 0 Å². The molecule has 1 heterocycles. The van der Waals surface area contributed by atoms with Crippen LogP contribution in [0.3, 0.4) is 0 Å². The summed E-state index contributed by atoms with van der Waals surface area (Å²) in [5.41, 5.74) is 2.69. The second kappa shape index (κ2) is 5.74. The van der Waals surface area contributed by atoms with Gasteiger partial charge in [-0.15, -0.1) is 0 Å². The molecule has 0 amide bonds. The van der Waals surface area contributed by atoms with E-state index in [0.29, 0.717) is 11.6 Å². The molecule has 0 spiro atoms. The molecule has 0 saturated carbocycles. The first kappa shape index (κ1) is 14.1. The summed E-state index contributed by atoms with van der Waals surface area (Å²) in [6.45, 7) is 8.68. The Hall–Kier alpha value is -1.35. The van der Waals surface area contributed by atoms with Gasteiger partial charge in [0, 0.05) is 12.6 Å². The lowest BCUT2D eigenvalue weighted by molar-refractivity contribution is 0.0696. The Labute approximate surface area is 115 Å². The van der Waals surface area contributed by atoms with Crippen molar-refractivity contribution in [3.05, 3.63) is 34.9 Å². The number of benzene rings is 1. The maximum absolute atomic E-state index is 10.9. The fraction of sp³-hybridized carbons (Fsp3) is 0.562. The fourth-order valence-corrected chi connectivity index (χ4v) is 2.92. The molecule has 2 atom stereocenters. The highest BCUT2D eigenvalue weighted by molar-refractivity contribution is 5.87. The summed E-state index contributed by atoms with van der Waals surface area (Å²) in [6.07, 6.45) is 2.52. The van der Waals surface area contributed by atoms with Gasteiger partial charge in [-0.05, 0) is 62.4 Å². The van der Waals surface area contributed by atoms with Gasteiger partial charge in [0.05, 0.1) is 5.56 Å². The summed E-state index contributed by atoms with van der Waals surface area (Å²) in [5, 5.41) is 8.98. The van der Waals surface area contributed by atoms with Crippen LogP contribution in [0.4, 0.5) is 0 Å². The average molecular weight is 261 g/mol. The first-order valence-corrected chi connectivity index (χ1v) is 7.04. The molecule has 1 aliphatic rings. The number of hydrogen-bond acceptors (Lipinski definition) is 2. The Bertz CT molecular complexity index is 470. The van der Waals surface area contributed by atoms with Crippen LogP contribution in [0.2, 0.25) is 0 Å². The van der Waals surface area contributed by atoms with E-state index in [1.807, 2.05) is 13.0 Å². The van der Waals surface area contributed by atoms with E-state index in [2.05, 4.69) is 18.7 Å². The lowest BCUT2D eigenvalue weighted by atomic mass is 9.92. The summed E-state index contributed by atoms with van der Waals surface area (Å²) in [7, 11) is 0. The summed E-state index contributed by atoms with van der Waals surface area (Å²) in [6, 6.07) is 6.06. The number of aryl methyl sites for hydroxylation is 1. The van der Waals surface area contributed by atoms with Crippen LogP contribution < -0.4 is 0 Å². The molecule has 1 aromatic carbocycles. The molecule has 1 saturated heterocycles. The second-order valence-electron chi connectivity index (χ2n) is 5.90. The van der Waals surface area contributed by atoms with Crippen molar-refractivity contribution in [2.24, 2.45) is 5.92 Å². The van der Waals surface area contributed by atoms with Crippen LogP contribution in [-0.4, -0.2) is 28.6 Å². The molecule has 1 aliphatic heterocycles. The van der Waals surface area contributed by atoms with Crippen molar-refractivity contribution >= 4 is 5.97 Å². The highest BCUT2D eigenvalue weighted by Crippen LogP contribution is 2.24. The van der Waals surface area contributed by atoms with Crippen LogP contribution in [0.5, 0.6) is 0 Å². The number of nitrogens with zero attached hydrogens (tertiary/aromatic N) is 1. The molecule has 2 unspecified atom stereocenters. The fourth-order valence-electron chi connectivity index (χ4n) is 2.92. The van der Waals surface area contributed by atoms with Crippen molar-refractivity contribution in [2.75, 3.05) is 6.54 Å². The predicted molar refractivity (Wildman–Crippen MR) is 76.4 cm³/mol. The summed E-state index contributed by atoms with van der Waals surface area (Å²) in [4.78, 5) is 13.4. The highest BCUT2D eigenvalue weighted by Gasteiger charge is 2.23. The molecule has 0 radical (unpaired) electrons. The quantitative estimate of drug-likeness (QED) is 0.907. The first-order valence-electron chi connectivity index (χ1n) is 7.04. The Morgan fingerprint density at radius 1 is 1.42 bits per heavy atom. The minimum absolute atomic E-state index is 0.376. The number of piperidine rings is 1. The average Bonchev–Trinajstić information content (AvgIpc) is 2.34. The van der Waals surface area contributed by atoms with E-state index >= 15 is 0 Å². The Balaban J connectivity index is 2.09. The third-order valence-electron chi connectivity index (χ3n) is 4.24. The molecular weight excluding hydrogens is 238 g/mol. The number of likely N-dealkylation sites (tertiary alicyclic amines) is 1. The van der Waals surface area contributed by atoms with Crippen LogP contribution in [0.1, 0.15) is 48.2 Å². The zero-order chi connectivity index (χ0) is 14.0. The minimum Gasteiger partial charge on any atom is -0.478 e. The third kappa shape index (κ3) is 3.35. The lowest BCUT2D eigenvalue weighted by Gasteiger charge is -2.36. The van der Waals surface area contributed by atoms with Gasteiger partial charge in [0.1, 0.15) is 0 Å². The van der Waals surface area contributed by atoms with Crippen LogP contribution in [0, 0.1) is 12.8 Å². The van der Waals surface area contributed by atoms with Crippen molar-refractivity contribution in [3.8, 4) is 0 Å². The summed E-state index contributed by atoms with van der Waals surface area (Å²) in [5.74, 6) is -0.0310. The van der Waals surface area contributed by atoms with Crippen molar-refractivity contribution in [1.29, 1.82) is 0 Å². The normalized spacial score (nSPS) is 24.4. The molecule has 0 aliphatic carbocycles. The molecule has 0 bridgehead atoms. The van der Waals surface area contributed by atoms with Crippen LogP contribution in [0.15, 0.2) is 18.2 Å². The number of carboxylic acids is 1. The van der Waals surface area contributed by atoms with Gasteiger partial charge < -0.3 is 5.11 Å². The van der Waals surface area contributed by atoms with Gasteiger partial charge >= 0.3 is 5.97 Å². The van der Waals surface area contributed by atoms with Gasteiger partial charge in [-0.2, -0.15) is 0 Å². The Morgan fingerprint density at radius 2 is 2.16 bits per heavy atom. The van der Waals surface area contributed by atoms with Gasteiger partial charge in [-0.1, -0.05) is 13.0 Å². The largest absolute Gasteiger partial charge is 0.478 e. The molecule has 1 N–H and O–H groups in total. The molecule has 2 rings (SSSR count). The summed E-state index contributed by atoms with van der Waals surface area (Å²) < 4.78 is 0. The highest BCUT2D eigenvalue weighted by atomic mass is 16.4. The lowest BCUT2D eigenvalue weighted by Crippen LogP contribution is -2.39. The summed E-state index contributed by atoms with van der Waals surface area (Å²) >= 11 is 0. The van der Waals surface area contributed by atoms with Crippen molar-refractivity contribution in [1.82, 2.24) is 4.90 Å². The van der Waals surface area contributed by atoms with Gasteiger partial charge in [0.25, 0.3) is 0 Å². The van der Waals surface area contributed by atoms with Gasteiger partial charge in [0.2, 0.25) is 0 Å². The van der Waals surface area contributed by atoms with Gasteiger partial charge in [-0.25, -0.2) is 4.79 Å². The standard InChI is InChI=1S/C16H23NO2/c1-11-6-7-17(13(3)8-11)10-15-5-4-14(16(18)19)9-12(15)2/h4-5,9,11,13H,6-8,10H2,1-3H3,(H,18,19). The van der Waals surface area contributed by atoms with E-state index in [0.717, 1.165) is 24.6 Å². The SMILES string of the molecule is Cc1cc(C(=O)O)ccc1CN1CCC(C)CC1C. The van der Waals surface area contributed by atoms with Crippen LogP contribution >= 0.6 is 0 Å². The number of aromatic carboxylic acids is 1. The smallest absolute Gasteiger partial charge is 0.335 e. The van der Waals surface area contributed by atoms with Gasteiger partial charge in [-0.3, -0.25) is 4.90 Å². The van der Waals surface area contributed by atoms with E-state index in [1.54, 1.807) is 12.1 Å². The molecule has 3 heteroatoms. The molecule has 1 aromatic rings. The molecule has 3 nitrogen and oxygen atoms in total. The van der Waals surface area contributed by atoms with E-state index in [9.17, 15) is 4.79 Å². The maximum atomic E-state index is 10.9. The zero-order valence-electron chi connectivity index (χ0n) is 12.0. The first-order chi connectivity index (χ1) is 8.97. The van der Waals surface area contributed by atoms with Crippen molar-refractivity contribution in [2.45, 2.75) is 46.2 Å². The monoisotopic (exact) mass is 261 g/mol. The Kier molecular flexibility index (Phi) is 4.25. The zero-order valence-corrected chi connectivity index (χ0v) is 12.0. The number of carboxylic acid groups (broad SMARTS) is 1. The topological polar surface area (TPSA) is 40.5 Å².